The maximum absolute atomic E-state index is 12.7. The van der Waals surface area contributed by atoms with Gasteiger partial charge in [-0.05, 0) is 87.7 Å². The molecule has 0 aromatic carbocycles. The van der Waals surface area contributed by atoms with Crippen molar-refractivity contribution in [2.24, 2.45) is 5.41 Å². The zero-order valence-corrected chi connectivity index (χ0v) is 31.5. The fourth-order valence-electron chi connectivity index (χ4n) is 6.43. The Labute approximate surface area is 287 Å². The second kappa shape index (κ2) is 13.9. The number of likely N-dealkylation sites (N-methyl/N-ethyl adjacent to an activating group) is 1. The van der Waals surface area contributed by atoms with Crippen molar-refractivity contribution >= 4 is 33.3 Å². The molecule has 0 aromatic rings. The van der Waals surface area contributed by atoms with Crippen molar-refractivity contribution in [3.63, 3.8) is 0 Å². The Bertz CT molecular complexity index is 1510. The molecule has 0 amide bonds. The Balaban J connectivity index is 1.35. The van der Waals surface area contributed by atoms with Crippen LogP contribution in [0.1, 0.15) is 68.2 Å². The van der Waals surface area contributed by atoms with Crippen molar-refractivity contribution in [3.8, 4) is 0 Å². The topological polar surface area (TPSA) is 104 Å². The van der Waals surface area contributed by atoms with Gasteiger partial charge >= 0.3 is 25.0 Å². The molecule has 0 aromatic heterocycles. The molecule has 260 valence electrons. The van der Waals surface area contributed by atoms with Crippen LogP contribution < -0.4 is 0 Å². The standard InChI is InChI=1S/C37H52BNO8Si/c1-26(16-14-12-13-15-17-27(2)38-44-31(40)24-39(9)25-32(41)45-38)20-29-21-28(33(42)43-29)18-19-37-35(6,7)22-30(23-36(37,8)47-37)46-48(10,11)34(3,4)5/h12-21,30H,22-25H2,1-11H3/b14-12+,15-13+,19-18+,26-16+,27-17+,29-20-/t30-,36+,37-/m0/s1. The van der Waals surface area contributed by atoms with Crippen LogP contribution in [0.25, 0.3) is 0 Å². The number of cyclic esters (lactones) is 1. The predicted octanol–water partition coefficient (Wildman–Crippen LogP) is 6.71. The van der Waals surface area contributed by atoms with E-state index in [4.69, 9.17) is 23.2 Å². The van der Waals surface area contributed by atoms with E-state index in [1.165, 1.54) is 4.90 Å². The first-order chi connectivity index (χ1) is 22.2. The predicted molar refractivity (Wildman–Crippen MR) is 190 cm³/mol. The van der Waals surface area contributed by atoms with E-state index in [-0.39, 0.29) is 41.2 Å². The summed E-state index contributed by atoms with van der Waals surface area (Å²) in [6, 6.07) is 0. The minimum absolute atomic E-state index is 0.0221. The van der Waals surface area contributed by atoms with Crippen LogP contribution in [-0.2, 0) is 37.6 Å². The van der Waals surface area contributed by atoms with Crippen LogP contribution in [-0.4, -0.2) is 75.7 Å². The smallest absolute Gasteiger partial charge is 0.495 e. The maximum atomic E-state index is 12.7. The van der Waals surface area contributed by atoms with Gasteiger partial charge in [0.05, 0.1) is 18.7 Å². The SMILES string of the molecule is C\C(=C/C=C/C=C/C=C(C)/C=C1C=C(/C=C/[C@@]23O[C@]2(C)C[C@@H](O[Si](C)(C)C(C)(C)C)CC3(C)C)C(=O)O/1)B1OC(=O)CN(C)CC(=O)O1. The van der Waals surface area contributed by atoms with Gasteiger partial charge in [0.2, 0.25) is 0 Å². The summed E-state index contributed by atoms with van der Waals surface area (Å²) in [5.74, 6) is -0.819. The molecule has 3 aliphatic heterocycles. The Morgan fingerprint density at radius 3 is 2.17 bits per heavy atom. The molecular formula is C37H52BNO8Si. The van der Waals surface area contributed by atoms with Crippen LogP contribution in [0.2, 0.25) is 18.1 Å². The quantitative estimate of drug-likeness (QED) is 0.114. The number of hydrogen-bond donors (Lipinski definition) is 0. The third kappa shape index (κ3) is 8.48. The zero-order valence-electron chi connectivity index (χ0n) is 30.5. The molecule has 0 N–H and O–H groups in total. The number of ether oxygens (including phenoxy) is 2. The molecule has 3 atom stereocenters. The summed E-state index contributed by atoms with van der Waals surface area (Å²) >= 11 is 0. The third-order valence-electron chi connectivity index (χ3n) is 10.1. The zero-order chi connectivity index (χ0) is 35.7. The van der Waals surface area contributed by atoms with Crippen LogP contribution in [0.15, 0.2) is 83.1 Å². The molecule has 0 spiro atoms. The van der Waals surface area contributed by atoms with Gasteiger partial charge in [0.1, 0.15) is 17.0 Å². The van der Waals surface area contributed by atoms with Crippen LogP contribution in [0.4, 0.5) is 0 Å². The van der Waals surface area contributed by atoms with Crippen molar-refractivity contribution in [1.29, 1.82) is 0 Å². The highest BCUT2D eigenvalue weighted by molar-refractivity contribution is 6.74. The minimum Gasteiger partial charge on any atom is -0.495 e. The summed E-state index contributed by atoms with van der Waals surface area (Å²) in [6.07, 6.45) is 20.2. The van der Waals surface area contributed by atoms with E-state index in [0.717, 1.165) is 18.4 Å². The summed E-state index contributed by atoms with van der Waals surface area (Å²) in [7, 11) is -1.31. The van der Waals surface area contributed by atoms with Gasteiger partial charge in [-0.3, -0.25) is 14.5 Å². The van der Waals surface area contributed by atoms with Crippen molar-refractivity contribution in [1.82, 2.24) is 4.90 Å². The highest BCUT2D eigenvalue weighted by atomic mass is 28.4. The van der Waals surface area contributed by atoms with Gasteiger partial charge in [-0.2, -0.15) is 0 Å². The van der Waals surface area contributed by atoms with Crippen LogP contribution in [0, 0.1) is 5.41 Å². The van der Waals surface area contributed by atoms with E-state index in [1.807, 2.05) is 37.3 Å². The number of fused-ring (bicyclic) bond motifs is 1. The second-order valence-corrected chi connectivity index (χ2v) is 20.6. The average molecular weight is 678 g/mol. The van der Waals surface area contributed by atoms with E-state index in [9.17, 15) is 14.4 Å². The normalized spacial score (nSPS) is 30.0. The molecule has 0 radical (unpaired) electrons. The van der Waals surface area contributed by atoms with Crippen LogP contribution >= 0.6 is 0 Å². The monoisotopic (exact) mass is 677 g/mol. The van der Waals surface area contributed by atoms with E-state index < -0.39 is 33.0 Å². The second-order valence-electron chi connectivity index (χ2n) is 15.8. The molecule has 1 aliphatic carbocycles. The van der Waals surface area contributed by atoms with Gasteiger partial charge in [-0.1, -0.05) is 71.1 Å². The Morgan fingerprint density at radius 1 is 0.979 bits per heavy atom. The third-order valence-corrected chi connectivity index (χ3v) is 14.6. The first-order valence-corrected chi connectivity index (χ1v) is 19.6. The number of hydrogen-bond acceptors (Lipinski definition) is 9. The number of carbonyl (C=O) groups is 3. The van der Waals surface area contributed by atoms with Gasteiger partial charge in [-0.25, -0.2) is 4.79 Å². The fraction of sp³-hybridized carbons (Fsp3) is 0.541. The Kier molecular flexibility index (Phi) is 10.9. The molecule has 0 unspecified atom stereocenters. The highest BCUT2D eigenvalue weighted by Crippen LogP contribution is 2.66. The summed E-state index contributed by atoms with van der Waals surface area (Å²) in [6.45, 7) is 21.7. The lowest BCUT2D eigenvalue weighted by atomic mass is 9.63. The molecule has 48 heavy (non-hydrogen) atoms. The Morgan fingerprint density at radius 2 is 1.58 bits per heavy atom. The molecular weight excluding hydrogens is 625 g/mol. The molecule has 3 heterocycles. The first kappa shape index (κ1) is 37.6. The number of epoxide rings is 1. The van der Waals surface area contributed by atoms with Crippen molar-refractivity contribution in [2.45, 2.75) is 104 Å². The average Bonchev–Trinajstić information content (AvgIpc) is 3.41. The van der Waals surface area contributed by atoms with E-state index >= 15 is 0 Å². The maximum Gasteiger partial charge on any atom is 0.631 e. The van der Waals surface area contributed by atoms with Crippen LogP contribution in [0.5, 0.6) is 0 Å². The van der Waals surface area contributed by atoms with E-state index in [0.29, 0.717) is 16.8 Å². The molecule has 4 aliphatic rings. The number of allylic oxidation sites excluding steroid dienone is 10. The summed E-state index contributed by atoms with van der Waals surface area (Å²) in [5.41, 5.74) is 0.985. The Hall–Kier alpha value is -3.25. The highest BCUT2D eigenvalue weighted by Gasteiger charge is 2.75. The van der Waals surface area contributed by atoms with Gasteiger partial charge in [0.25, 0.3) is 0 Å². The van der Waals surface area contributed by atoms with Crippen molar-refractivity contribution < 1.29 is 37.6 Å². The first-order valence-electron chi connectivity index (χ1n) is 16.7. The van der Waals surface area contributed by atoms with Gasteiger partial charge in [0, 0.05) is 17.9 Å². The van der Waals surface area contributed by atoms with Crippen molar-refractivity contribution in [2.75, 3.05) is 20.1 Å². The van der Waals surface area contributed by atoms with Crippen LogP contribution in [0.3, 0.4) is 0 Å². The van der Waals surface area contributed by atoms with Crippen molar-refractivity contribution in [3.05, 3.63) is 83.1 Å². The van der Waals surface area contributed by atoms with E-state index in [2.05, 4.69) is 60.7 Å². The number of nitrogens with zero attached hydrogens (tertiary/aromatic N) is 1. The van der Waals surface area contributed by atoms with E-state index in [1.54, 1.807) is 38.3 Å². The van der Waals surface area contributed by atoms with Gasteiger partial charge < -0.3 is 23.2 Å². The fourth-order valence-corrected chi connectivity index (χ4v) is 7.79. The lowest BCUT2D eigenvalue weighted by molar-refractivity contribution is -0.145. The number of esters is 1. The molecule has 3 fully saturated rings. The van der Waals surface area contributed by atoms with Gasteiger partial charge in [-0.15, -0.1) is 0 Å². The molecule has 1 saturated carbocycles. The summed E-state index contributed by atoms with van der Waals surface area (Å²) < 4.78 is 29.4. The number of rotatable bonds is 9. The molecule has 2 saturated heterocycles. The largest absolute Gasteiger partial charge is 0.631 e. The lowest BCUT2D eigenvalue weighted by Gasteiger charge is -2.45. The summed E-state index contributed by atoms with van der Waals surface area (Å²) in [4.78, 5) is 38.2. The van der Waals surface area contributed by atoms with Gasteiger partial charge in [0.15, 0.2) is 8.32 Å². The lowest BCUT2D eigenvalue weighted by Crippen LogP contribution is -2.51. The summed E-state index contributed by atoms with van der Waals surface area (Å²) in [5, 5.41) is 0.140. The molecule has 11 heteroatoms. The minimum atomic E-state index is -1.92. The molecule has 4 rings (SSSR count). The number of carbonyl (C=O) groups excluding carboxylic acids is 3. The molecule has 9 nitrogen and oxygen atoms in total. The molecule has 0 bridgehead atoms.